The summed E-state index contributed by atoms with van der Waals surface area (Å²) in [6.45, 7) is 1.71. The van der Waals surface area contributed by atoms with Crippen LogP contribution in [0.1, 0.15) is 12.0 Å². The molecule has 0 bridgehead atoms. The molecule has 1 aromatic rings. The number of carboxylic acid groups (broad SMARTS) is 1. The van der Waals surface area contributed by atoms with Gasteiger partial charge < -0.3 is 15.3 Å². The quantitative estimate of drug-likeness (QED) is 0.864. The smallest absolute Gasteiger partial charge is 0.321 e. The van der Waals surface area contributed by atoms with E-state index in [-0.39, 0.29) is 18.8 Å². The molecule has 0 aromatic heterocycles. The third kappa shape index (κ3) is 4.04. The Balaban J connectivity index is 2.58. The average Bonchev–Trinajstić information content (AvgIpc) is 2.30. The largest absolute Gasteiger partial charge is 0.481 e. The van der Waals surface area contributed by atoms with Crippen LogP contribution < -0.4 is 5.32 Å². The molecule has 5 nitrogen and oxygen atoms in total. The molecular weight excluding hydrogens is 239 g/mol. The molecule has 0 spiro atoms. The molecule has 0 aliphatic carbocycles. The van der Waals surface area contributed by atoms with Gasteiger partial charge in [0.25, 0.3) is 0 Å². The molecule has 0 unspecified atom stereocenters. The van der Waals surface area contributed by atoms with Gasteiger partial charge in [-0.2, -0.15) is 0 Å². The van der Waals surface area contributed by atoms with Crippen molar-refractivity contribution in [1.29, 1.82) is 0 Å². The Bertz CT molecular complexity index is 463. The monoisotopic (exact) mass is 254 g/mol. The first-order valence-electron chi connectivity index (χ1n) is 5.40. The molecule has 18 heavy (non-hydrogen) atoms. The number of urea groups is 1. The van der Waals surface area contributed by atoms with Crippen molar-refractivity contribution >= 4 is 17.7 Å². The Morgan fingerprint density at radius 1 is 1.44 bits per heavy atom. The number of nitrogens with zero attached hydrogens (tertiary/aromatic N) is 1. The van der Waals surface area contributed by atoms with E-state index in [4.69, 9.17) is 5.11 Å². The van der Waals surface area contributed by atoms with Gasteiger partial charge >= 0.3 is 12.0 Å². The van der Waals surface area contributed by atoms with Gasteiger partial charge in [-0.3, -0.25) is 4.79 Å². The van der Waals surface area contributed by atoms with E-state index in [0.717, 1.165) is 0 Å². The number of nitrogens with one attached hydrogen (secondary N) is 1. The second kappa shape index (κ2) is 6.00. The second-order valence-electron chi connectivity index (χ2n) is 3.96. The van der Waals surface area contributed by atoms with Crippen molar-refractivity contribution in [2.24, 2.45) is 0 Å². The summed E-state index contributed by atoms with van der Waals surface area (Å²) in [6, 6.07) is 3.80. The topological polar surface area (TPSA) is 69.6 Å². The predicted molar refractivity (Wildman–Crippen MR) is 65.0 cm³/mol. The standard InChI is InChI=1S/C12H15FN2O3/c1-8-7-9(3-4-10(8)13)14-12(18)15(2)6-5-11(16)17/h3-4,7H,5-6H2,1-2H3,(H,14,18)(H,16,17). The summed E-state index contributed by atoms with van der Waals surface area (Å²) in [5.41, 5.74) is 0.905. The lowest BCUT2D eigenvalue weighted by molar-refractivity contribution is -0.137. The first-order chi connectivity index (χ1) is 8.40. The molecule has 0 aliphatic heterocycles. The summed E-state index contributed by atoms with van der Waals surface area (Å²) in [4.78, 5) is 23.3. The van der Waals surface area contributed by atoms with Crippen molar-refractivity contribution in [2.75, 3.05) is 18.9 Å². The van der Waals surface area contributed by atoms with Gasteiger partial charge in [-0.15, -0.1) is 0 Å². The summed E-state index contributed by atoms with van der Waals surface area (Å²) in [5, 5.41) is 11.1. The lowest BCUT2D eigenvalue weighted by Gasteiger charge is -2.17. The summed E-state index contributed by atoms with van der Waals surface area (Å²) >= 11 is 0. The second-order valence-corrected chi connectivity index (χ2v) is 3.96. The number of carbonyl (C=O) groups is 2. The fourth-order valence-corrected chi connectivity index (χ4v) is 1.31. The number of carboxylic acids is 1. The van der Waals surface area contributed by atoms with E-state index < -0.39 is 12.0 Å². The molecule has 0 saturated heterocycles. The van der Waals surface area contributed by atoms with E-state index in [0.29, 0.717) is 11.3 Å². The Morgan fingerprint density at radius 3 is 2.67 bits per heavy atom. The fraction of sp³-hybridized carbons (Fsp3) is 0.333. The van der Waals surface area contributed by atoms with Crippen molar-refractivity contribution in [3.8, 4) is 0 Å². The normalized spacial score (nSPS) is 9.94. The number of aryl methyl sites for hydroxylation is 1. The van der Waals surface area contributed by atoms with Crippen molar-refractivity contribution in [1.82, 2.24) is 4.90 Å². The van der Waals surface area contributed by atoms with Gasteiger partial charge in [0.05, 0.1) is 6.42 Å². The first-order valence-corrected chi connectivity index (χ1v) is 5.40. The van der Waals surface area contributed by atoms with Crippen LogP contribution in [0.15, 0.2) is 18.2 Å². The molecule has 0 heterocycles. The predicted octanol–water partition coefficient (Wildman–Crippen LogP) is 2.07. The Labute approximate surface area is 104 Å². The number of amides is 2. The molecule has 2 amide bonds. The maximum Gasteiger partial charge on any atom is 0.321 e. The van der Waals surface area contributed by atoms with Crippen LogP contribution in [0.2, 0.25) is 0 Å². The van der Waals surface area contributed by atoms with Gasteiger partial charge in [-0.05, 0) is 30.7 Å². The SMILES string of the molecule is Cc1cc(NC(=O)N(C)CCC(=O)O)ccc1F. The molecule has 1 rings (SSSR count). The molecule has 1 aromatic carbocycles. The first kappa shape index (κ1) is 14.0. The molecule has 0 atom stereocenters. The minimum Gasteiger partial charge on any atom is -0.481 e. The van der Waals surface area contributed by atoms with Crippen LogP contribution in [0.4, 0.5) is 14.9 Å². The molecule has 2 N–H and O–H groups in total. The van der Waals surface area contributed by atoms with Crippen LogP contribution in [0.3, 0.4) is 0 Å². The lowest BCUT2D eigenvalue weighted by atomic mass is 10.2. The van der Waals surface area contributed by atoms with Crippen LogP contribution in [-0.4, -0.2) is 35.6 Å². The number of anilines is 1. The molecule has 6 heteroatoms. The van der Waals surface area contributed by atoms with Crippen molar-refractivity contribution < 1.29 is 19.1 Å². The van der Waals surface area contributed by atoms with E-state index in [1.807, 2.05) is 0 Å². The summed E-state index contributed by atoms with van der Waals surface area (Å²) in [6.07, 6.45) is -0.119. The zero-order valence-corrected chi connectivity index (χ0v) is 10.2. The molecule has 98 valence electrons. The highest BCUT2D eigenvalue weighted by Crippen LogP contribution is 2.13. The lowest BCUT2D eigenvalue weighted by Crippen LogP contribution is -2.33. The van der Waals surface area contributed by atoms with Gasteiger partial charge in [0.15, 0.2) is 0 Å². The number of halogens is 1. The van der Waals surface area contributed by atoms with E-state index in [1.54, 1.807) is 6.92 Å². The fourth-order valence-electron chi connectivity index (χ4n) is 1.31. The molecule has 0 radical (unpaired) electrons. The number of aliphatic carboxylic acids is 1. The summed E-state index contributed by atoms with van der Waals surface area (Å²) in [5.74, 6) is -1.31. The maximum atomic E-state index is 13.0. The van der Waals surface area contributed by atoms with E-state index in [9.17, 15) is 14.0 Å². The highest BCUT2D eigenvalue weighted by molar-refractivity contribution is 5.89. The van der Waals surface area contributed by atoms with Crippen LogP contribution >= 0.6 is 0 Å². The van der Waals surface area contributed by atoms with Gasteiger partial charge in [0.1, 0.15) is 5.82 Å². The highest BCUT2D eigenvalue weighted by atomic mass is 19.1. The van der Waals surface area contributed by atoms with Crippen molar-refractivity contribution in [3.05, 3.63) is 29.6 Å². The zero-order valence-electron chi connectivity index (χ0n) is 10.2. The van der Waals surface area contributed by atoms with Gasteiger partial charge in [0, 0.05) is 19.3 Å². The molecule has 0 fully saturated rings. The Kier molecular flexibility index (Phi) is 4.65. The van der Waals surface area contributed by atoms with E-state index in [2.05, 4.69) is 5.32 Å². The summed E-state index contributed by atoms with van der Waals surface area (Å²) in [7, 11) is 1.49. The third-order valence-corrected chi connectivity index (χ3v) is 2.42. The Morgan fingerprint density at radius 2 is 2.11 bits per heavy atom. The van der Waals surface area contributed by atoms with Crippen LogP contribution in [-0.2, 0) is 4.79 Å². The zero-order chi connectivity index (χ0) is 13.7. The van der Waals surface area contributed by atoms with Crippen molar-refractivity contribution in [3.63, 3.8) is 0 Å². The minimum atomic E-state index is -0.965. The molecule has 0 saturated carbocycles. The van der Waals surface area contributed by atoms with Crippen LogP contribution in [0.5, 0.6) is 0 Å². The van der Waals surface area contributed by atoms with Crippen LogP contribution in [0, 0.1) is 12.7 Å². The van der Waals surface area contributed by atoms with Crippen molar-refractivity contribution in [2.45, 2.75) is 13.3 Å². The number of hydrogen-bond acceptors (Lipinski definition) is 2. The van der Waals surface area contributed by atoms with Gasteiger partial charge in [-0.1, -0.05) is 0 Å². The van der Waals surface area contributed by atoms with Gasteiger partial charge in [0.2, 0.25) is 0 Å². The highest BCUT2D eigenvalue weighted by Gasteiger charge is 2.10. The third-order valence-electron chi connectivity index (χ3n) is 2.42. The van der Waals surface area contributed by atoms with E-state index in [1.165, 1.54) is 30.1 Å². The number of rotatable bonds is 4. The molecule has 0 aliphatic rings. The van der Waals surface area contributed by atoms with Crippen LogP contribution in [0.25, 0.3) is 0 Å². The molecular formula is C12H15FN2O3. The van der Waals surface area contributed by atoms with Gasteiger partial charge in [-0.25, -0.2) is 9.18 Å². The number of benzene rings is 1. The number of hydrogen-bond donors (Lipinski definition) is 2. The average molecular weight is 254 g/mol. The minimum absolute atomic E-state index is 0.112. The summed E-state index contributed by atoms with van der Waals surface area (Å²) < 4.78 is 13.0. The number of carbonyl (C=O) groups excluding carboxylic acids is 1. The maximum absolute atomic E-state index is 13.0. The van der Waals surface area contributed by atoms with E-state index >= 15 is 0 Å². The Hall–Kier alpha value is -2.11.